The van der Waals surface area contributed by atoms with Crippen molar-refractivity contribution in [1.29, 1.82) is 0 Å². The highest BCUT2D eigenvalue weighted by atomic mass is 32.2. The highest BCUT2D eigenvalue weighted by Gasteiger charge is 2.25. The number of rotatable bonds is 4. The Labute approximate surface area is 114 Å². The molecule has 100 valence electrons. The molecule has 0 radical (unpaired) electrons. The number of thioether (sulfide) groups is 1. The van der Waals surface area contributed by atoms with Crippen molar-refractivity contribution in [1.82, 2.24) is 0 Å². The molecule has 2 aromatic carbocycles. The van der Waals surface area contributed by atoms with Crippen LogP contribution in [0.1, 0.15) is 18.1 Å². The van der Waals surface area contributed by atoms with E-state index < -0.39 is 11.7 Å². The summed E-state index contributed by atoms with van der Waals surface area (Å²) in [6.45, 7) is 0.762. The SMILES string of the molecule is CC(F)(F)c1ccc(SCc2ccccc2)c(F)c1. The standard InChI is InChI=1S/C15H13F3S/c1-15(17,18)12-7-8-14(13(16)9-12)19-10-11-5-3-2-4-6-11/h2-9H,10H2,1H3. The lowest BCUT2D eigenvalue weighted by atomic mass is 10.1. The summed E-state index contributed by atoms with van der Waals surface area (Å²) in [5.74, 6) is -3.00. The van der Waals surface area contributed by atoms with Crippen LogP contribution in [0.4, 0.5) is 13.2 Å². The molecule has 0 aliphatic heterocycles. The van der Waals surface area contributed by atoms with E-state index in [0.717, 1.165) is 18.6 Å². The summed E-state index contributed by atoms with van der Waals surface area (Å²) in [7, 11) is 0. The number of hydrogen-bond donors (Lipinski definition) is 0. The predicted octanol–water partition coefficient (Wildman–Crippen LogP) is 5.23. The van der Waals surface area contributed by atoms with Gasteiger partial charge in [-0.1, -0.05) is 36.4 Å². The predicted molar refractivity (Wildman–Crippen MR) is 72.0 cm³/mol. The Kier molecular flexibility index (Phi) is 4.20. The molecule has 4 heteroatoms. The molecule has 0 saturated carbocycles. The molecule has 0 N–H and O–H groups in total. The highest BCUT2D eigenvalue weighted by Crippen LogP contribution is 2.32. The maximum atomic E-state index is 13.7. The summed E-state index contributed by atoms with van der Waals surface area (Å²) in [4.78, 5) is 0.386. The van der Waals surface area contributed by atoms with Gasteiger partial charge in [-0.05, 0) is 17.7 Å². The molecule has 0 nitrogen and oxygen atoms in total. The van der Waals surface area contributed by atoms with E-state index in [0.29, 0.717) is 10.6 Å². The van der Waals surface area contributed by atoms with Gasteiger partial charge in [-0.25, -0.2) is 13.2 Å². The average molecular weight is 282 g/mol. The monoisotopic (exact) mass is 282 g/mol. The molecule has 0 spiro atoms. The van der Waals surface area contributed by atoms with Crippen LogP contribution in [-0.4, -0.2) is 0 Å². The first-order valence-electron chi connectivity index (χ1n) is 5.81. The third-order valence-electron chi connectivity index (χ3n) is 2.68. The minimum Gasteiger partial charge on any atom is -0.206 e. The van der Waals surface area contributed by atoms with Crippen LogP contribution >= 0.6 is 11.8 Å². The zero-order valence-electron chi connectivity index (χ0n) is 10.4. The lowest BCUT2D eigenvalue weighted by Crippen LogP contribution is -2.07. The largest absolute Gasteiger partial charge is 0.270 e. The van der Waals surface area contributed by atoms with Crippen LogP contribution in [0.3, 0.4) is 0 Å². The van der Waals surface area contributed by atoms with Crippen LogP contribution < -0.4 is 0 Å². The molecule has 0 fully saturated rings. The molecule has 0 heterocycles. The maximum Gasteiger partial charge on any atom is 0.270 e. The Balaban J connectivity index is 2.10. The molecule has 2 rings (SSSR count). The second kappa shape index (κ2) is 5.70. The summed E-state index contributed by atoms with van der Waals surface area (Å²) in [5, 5.41) is 0. The zero-order chi connectivity index (χ0) is 13.9. The molecule has 0 bridgehead atoms. The summed E-state index contributed by atoms with van der Waals surface area (Å²) < 4.78 is 39.8. The van der Waals surface area contributed by atoms with Gasteiger partial charge in [-0.2, -0.15) is 0 Å². The second-order valence-corrected chi connectivity index (χ2v) is 5.33. The van der Waals surface area contributed by atoms with Crippen molar-refractivity contribution in [2.24, 2.45) is 0 Å². The first-order chi connectivity index (χ1) is 8.97. The van der Waals surface area contributed by atoms with Gasteiger partial charge in [-0.15, -0.1) is 11.8 Å². The van der Waals surface area contributed by atoms with Crippen molar-refractivity contribution in [2.45, 2.75) is 23.5 Å². The first kappa shape index (κ1) is 14.0. The van der Waals surface area contributed by atoms with Gasteiger partial charge in [0.15, 0.2) is 0 Å². The molecule has 0 aliphatic rings. The number of benzene rings is 2. The molecule has 0 atom stereocenters. The molecule has 0 saturated heterocycles. The van der Waals surface area contributed by atoms with Crippen molar-refractivity contribution in [3.8, 4) is 0 Å². The van der Waals surface area contributed by atoms with Gasteiger partial charge in [0, 0.05) is 23.1 Å². The fraction of sp³-hybridized carbons (Fsp3) is 0.200. The Morgan fingerprint density at radius 3 is 2.32 bits per heavy atom. The van der Waals surface area contributed by atoms with Crippen LogP contribution in [0.5, 0.6) is 0 Å². The Bertz CT molecular complexity index is 547. The lowest BCUT2D eigenvalue weighted by molar-refractivity contribution is 0.0170. The molecule has 0 amide bonds. The van der Waals surface area contributed by atoms with Crippen molar-refractivity contribution >= 4 is 11.8 Å². The van der Waals surface area contributed by atoms with Crippen molar-refractivity contribution < 1.29 is 13.2 Å². The van der Waals surface area contributed by atoms with E-state index in [1.807, 2.05) is 30.3 Å². The van der Waals surface area contributed by atoms with Gasteiger partial charge in [0.2, 0.25) is 0 Å². The van der Waals surface area contributed by atoms with Crippen molar-refractivity contribution in [3.05, 3.63) is 65.5 Å². The van der Waals surface area contributed by atoms with Gasteiger partial charge in [0.1, 0.15) is 5.82 Å². The van der Waals surface area contributed by atoms with Crippen LogP contribution in [0, 0.1) is 5.82 Å². The van der Waals surface area contributed by atoms with E-state index in [1.165, 1.54) is 23.9 Å². The molecule has 0 aliphatic carbocycles. The van der Waals surface area contributed by atoms with E-state index in [-0.39, 0.29) is 5.56 Å². The molecule has 2 aromatic rings. The van der Waals surface area contributed by atoms with Crippen LogP contribution in [0.15, 0.2) is 53.4 Å². The minimum atomic E-state index is -3.01. The summed E-state index contributed by atoms with van der Waals surface area (Å²) in [6.07, 6.45) is 0. The van der Waals surface area contributed by atoms with Crippen molar-refractivity contribution in [3.63, 3.8) is 0 Å². The van der Waals surface area contributed by atoms with E-state index in [4.69, 9.17) is 0 Å². The summed E-state index contributed by atoms with van der Waals surface area (Å²) in [5.41, 5.74) is 0.769. The third-order valence-corrected chi connectivity index (χ3v) is 3.80. The van der Waals surface area contributed by atoms with E-state index in [9.17, 15) is 13.2 Å². The normalized spacial score (nSPS) is 11.6. The van der Waals surface area contributed by atoms with Gasteiger partial charge >= 0.3 is 0 Å². The van der Waals surface area contributed by atoms with Gasteiger partial charge in [-0.3, -0.25) is 0 Å². The summed E-state index contributed by atoms with van der Waals surface area (Å²) >= 11 is 1.30. The molecular weight excluding hydrogens is 269 g/mol. The van der Waals surface area contributed by atoms with Crippen molar-refractivity contribution in [2.75, 3.05) is 0 Å². The summed E-state index contributed by atoms with van der Waals surface area (Å²) in [6, 6.07) is 13.2. The maximum absolute atomic E-state index is 13.7. The first-order valence-corrected chi connectivity index (χ1v) is 6.80. The Morgan fingerprint density at radius 2 is 1.74 bits per heavy atom. The zero-order valence-corrected chi connectivity index (χ0v) is 11.2. The van der Waals surface area contributed by atoms with Crippen LogP contribution in [0.2, 0.25) is 0 Å². The number of hydrogen-bond acceptors (Lipinski definition) is 1. The van der Waals surface area contributed by atoms with Gasteiger partial charge in [0.05, 0.1) is 0 Å². The van der Waals surface area contributed by atoms with E-state index >= 15 is 0 Å². The fourth-order valence-electron chi connectivity index (χ4n) is 1.63. The average Bonchev–Trinajstić information content (AvgIpc) is 2.37. The number of alkyl halides is 2. The highest BCUT2D eigenvalue weighted by molar-refractivity contribution is 7.98. The fourth-order valence-corrected chi connectivity index (χ4v) is 2.50. The van der Waals surface area contributed by atoms with Crippen LogP contribution in [-0.2, 0) is 11.7 Å². The smallest absolute Gasteiger partial charge is 0.206 e. The quantitative estimate of drug-likeness (QED) is 0.692. The Morgan fingerprint density at radius 1 is 1.05 bits per heavy atom. The van der Waals surface area contributed by atoms with Crippen LogP contribution in [0.25, 0.3) is 0 Å². The molecule has 0 unspecified atom stereocenters. The second-order valence-electron chi connectivity index (χ2n) is 4.31. The Hall–Kier alpha value is -1.42. The molecule has 19 heavy (non-hydrogen) atoms. The van der Waals surface area contributed by atoms with Gasteiger partial charge in [0.25, 0.3) is 5.92 Å². The lowest BCUT2D eigenvalue weighted by Gasteiger charge is -2.12. The molecular formula is C15H13F3S. The topological polar surface area (TPSA) is 0 Å². The molecule has 0 aromatic heterocycles. The number of halogens is 3. The van der Waals surface area contributed by atoms with E-state index in [2.05, 4.69) is 0 Å². The van der Waals surface area contributed by atoms with E-state index in [1.54, 1.807) is 0 Å². The third kappa shape index (κ3) is 3.77. The minimum absolute atomic E-state index is 0.297. The van der Waals surface area contributed by atoms with Gasteiger partial charge < -0.3 is 0 Å².